The number of aromatic nitrogens is 4. The minimum Gasteiger partial charge on any atom is -0.392 e. The van der Waals surface area contributed by atoms with E-state index in [1.807, 2.05) is 11.8 Å². The predicted molar refractivity (Wildman–Crippen MR) is 83.8 cm³/mol. The van der Waals surface area contributed by atoms with E-state index in [0.717, 1.165) is 30.6 Å². The Morgan fingerprint density at radius 2 is 2.30 bits per heavy atom. The molecule has 1 aliphatic heterocycles. The number of aryl methyl sites for hydroxylation is 2. The van der Waals surface area contributed by atoms with Crippen LogP contribution < -0.4 is 0 Å². The Morgan fingerprint density at radius 1 is 1.48 bits per heavy atom. The van der Waals surface area contributed by atoms with Gasteiger partial charge in [0.25, 0.3) is 5.91 Å². The van der Waals surface area contributed by atoms with Crippen LogP contribution in [-0.4, -0.2) is 48.8 Å². The topological polar surface area (TPSA) is 84.1 Å². The summed E-state index contributed by atoms with van der Waals surface area (Å²) in [5.74, 6) is 0.761. The second-order valence-corrected chi connectivity index (χ2v) is 5.95. The van der Waals surface area contributed by atoms with Gasteiger partial charge in [-0.15, -0.1) is 0 Å². The van der Waals surface area contributed by atoms with Gasteiger partial charge in [0.05, 0.1) is 12.3 Å². The zero-order chi connectivity index (χ0) is 16.4. The van der Waals surface area contributed by atoms with Crippen molar-refractivity contribution in [2.45, 2.75) is 32.3 Å². The Hall–Kier alpha value is -2.28. The van der Waals surface area contributed by atoms with Gasteiger partial charge in [0.1, 0.15) is 11.5 Å². The molecule has 0 aromatic carbocycles. The maximum atomic E-state index is 12.6. The molecule has 7 heteroatoms. The molecule has 1 unspecified atom stereocenters. The van der Waals surface area contributed by atoms with E-state index < -0.39 is 0 Å². The Kier molecular flexibility index (Phi) is 4.38. The van der Waals surface area contributed by atoms with Gasteiger partial charge in [-0.3, -0.25) is 9.48 Å². The van der Waals surface area contributed by atoms with Crippen LogP contribution >= 0.6 is 0 Å². The van der Waals surface area contributed by atoms with Crippen molar-refractivity contribution >= 4 is 5.91 Å². The number of carbonyl (C=O) groups is 1. The first-order chi connectivity index (χ1) is 11.1. The molecule has 2 aromatic heterocycles. The Morgan fingerprint density at radius 3 is 3.00 bits per heavy atom. The molecule has 1 amide bonds. The van der Waals surface area contributed by atoms with Crippen LogP contribution in [0.1, 0.15) is 46.3 Å². The fourth-order valence-electron chi connectivity index (χ4n) is 3.06. The number of hydrogen-bond acceptors (Lipinski definition) is 5. The van der Waals surface area contributed by atoms with Crippen LogP contribution in [0.3, 0.4) is 0 Å². The summed E-state index contributed by atoms with van der Waals surface area (Å²) in [4.78, 5) is 23.1. The molecule has 0 saturated carbocycles. The molecule has 23 heavy (non-hydrogen) atoms. The first kappa shape index (κ1) is 15.6. The molecule has 122 valence electrons. The lowest BCUT2D eigenvalue weighted by Gasteiger charge is -2.32. The number of amides is 1. The molecule has 7 nitrogen and oxygen atoms in total. The summed E-state index contributed by atoms with van der Waals surface area (Å²) in [6.07, 6.45) is 5.32. The fraction of sp³-hybridized carbons (Fsp3) is 0.500. The number of carbonyl (C=O) groups excluding carboxylic acids is 1. The van der Waals surface area contributed by atoms with E-state index in [2.05, 4.69) is 15.1 Å². The van der Waals surface area contributed by atoms with Crippen LogP contribution in [0.15, 0.2) is 18.5 Å². The van der Waals surface area contributed by atoms with Gasteiger partial charge in [-0.25, -0.2) is 9.97 Å². The Bertz CT molecular complexity index is 712. The van der Waals surface area contributed by atoms with E-state index in [9.17, 15) is 9.90 Å². The van der Waals surface area contributed by atoms with Gasteiger partial charge in [0, 0.05) is 44.0 Å². The second kappa shape index (κ2) is 6.45. The number of likely N-dealkylation sites (tertiary alicyclic amines) is 1. The van der Waals surface area contributed by atoms with Crippen molar-refractivity contribution in [2.24, 2.45) is 7.05 Å². The van der Waals surface area contributed by atoms with Gasteiger partial charge >= 0.3 is 0 Å². The third kappa shape index (κ3) is 3.24. The Labute approximate surface area is 135 Å². The Balaban J connectivity index is 1.81. The van der Waals surface area contributed by atoms with Crippen molar-refractivity contribution in [3.05, 3.63) is 41.2 Å². The summed E-state index contributed by atoms with van der Waals surface area (Å²) in [6, 6.07) is 1.74. The summed E-state index contributed by atoms with van der Waals surface area (Å²) in [7, 11) is 1.80. The standard InChI is InChI=1S/C16H21N5O2/c1-11-17-8-13(10-22)15(18-11)12-4-3-6-21(9-12)16(23)14-5-7-20(2)19-14/h5,7-8,12,22H,3-4,6,9-10H2,1-2H3. The largest absolute Gasteiger partial charge is 0.392 e. The summed E-state index contributed by atoms with van der Waals surface area (Å²) < 4.78 is 1.63. The summed E-state index contributed by atoms with van der Waals surface area (Å²) in [5.41, 5.74) is 2.07. The maximum absolute atomic E-state index is 12.6. The zero-order valence-electron chi connectivity index (χ0n) is 13.4. The third-order valence-electron chi connectivity index (χ3n) is 4.22. The average Bonchev–Trinajstić information content (AvgIpc) is 3.00. The second-order valence-electron chi connectivity index (χ2n) is 5.95. The molecule has 0 spiro atoms. The van der Waals surface area contributed by atoms with E-state index in [-0.39, 0.29) is 18.4 Å². The van der Waals surface area contributed by atoms with Gasteiger partial charge in [-0.05, 0) is 25.8 Å². The number of aliphatic hydroxyl groups excluding tert-OH is 1. The van der Waals surface area contributed by atoms with E-state index >= 15 is 0 Å². The first-order valence-corrected chi connectivity index (χ1v) is 7.80. The van der Waals surface area contributed by atoms with Crippen molar-refractivity contribution in [3.8, 4) is 0 Å². The molecule has 3 rings (SSSR count). The van der Waals surface area contributed by atoms with Crippen LogP contribution in [0.2, 0.25) is 0 Å². The van der Waals surface area contributed by atoms with E-state index in [1.54, 1.807) is 30.2 Å². The molecule has 0 aliphatic carbocycles. The quantitative estimate of drug-likeness (QED) is 0.914. The number of aliphatic hydroxyl groups is 1. The van der Waals surface area contributed by atoms with Gasteiger partial charge in [-0.2, -0.15) is 5.10 Å². The summed E-state index contributed by atoms with van der Waals surface area (Å²) in [5, 5.41) is 13.7. The highest BCUT2D eigenvalue weighted by Crippen LogP contribution is 2.28. The molecule has 0 radical (unpaired) electrons. The van der Waals surface area contributed by atoms with Crippen LogP contribution in [0.4, 0.5) is 0 Å². The number of piperidine rings is 1. The zero-order valence-corrected chi connectivity index (χ0v) is 13.4. The van der Waals surface area contributed by atoms with Crippen molar-refractivity contribution < 1.29 is 9.90 Å². The van der Waals surface area contributed by atoms with Crippen LogP contribution in [0, 0.1) is 6.92 Å². The van der Waals surface area contributed by atoms with Gasteiger partial charge in [0.15, 0.2) is 0 Å². The highest BCUT2D eigenvalue weighted by molar-refractivity contribution is 5.92. The minimum atomic E-state index is -0.0830. The van der Waals surface area contributed by atoms with Crippen LogP contribution in [0.5, 0.6) is 0 Å². The first-order valence-electron chi connectivity index (χ1n) is 7.80. The van der Waals surface area contributed by atoms with Crippen molar-refractivity contribution in [2.75, 3.05) is 13.1 Å². The molecule has 1 fully saturated rings. The molecule has 1 saturated heterocycles. The summed E-state index contributed by atoms with van der Waals surface area (Å²) in [6.45, 7) is 3.08. The fourth-order valence-corrected chi connectivity index (χ4v) is 3.06. The average molecular weight is 315 g/mol. The van der Waals surface area contributed by atoms with Gasteiger partial charge in [-0.1, -0.05) is 0 Å². The minimum absolute atomic E-state index is 0.0494. The van der Waals surface area contributed by atoms with E-state index in [4.69, 9.17) is 0 Å². The smallest absolute Gasteiger partial charge is 0.274 e. The van der Waals surface area contributed by atoms with Crippen LogP contribution in [-0.2, 0) is 13.7 Å². The van der Waals surface area contributed by atoms with Crippen molar-refractivity contribution in [1.29, 1.82) is 0 Å². The number of rotatable bonds is 3. The van der Waals surface area contributed by atoms with Crippen molar-refractivity contribution in [1.82, 2.24) is 24.6 Å². The predicted octanol–water partition coefficient (Wildman–Crippen LogP) is 1.03. The SMILES string of the molecule is Cc1ncc(CO)c(C2CCCN(C(=O)c3ccn(C)n3)C2)n1. The van der Waals surface area contributed by atoms with Crippen LogP contribution in [0.25, 0.3) is 0 Å². The maximum Gasteiger partial charge on any atom is 0.274 e. The lowest BCUT2D eigenvalue weighted by Crippen LogP contribution is -2.39. The third-order valence-corrected chi connectivity index (χ3v) is 4.22. The summed E-state index contributed by atoms with van der Waals surface area (Å²) >= 11 is 0. The van der Waals surface area contributed by atoms with E-state index in [0.29, 0.717) is 18.1 Å². The highest BCUT2D eigenvalue weighted by Gasteiger charge is 2.28. The lowest BCUT2D eigenvalue weighted by atomic mass is 9.92. The molecule has 0 bridgehead atoms. The lowest BCUT2D eigenvalue weighted by molar-refractivity contribution is 0.0698. The van der Waals surface area contributed by atoms with Gasteiger partial charge in [0.2, 0.25) is 0 Å². The molecular formula is C16H21N5O2. The van der Waals surface area contributed by atoms with Gasteiger partial charge < -0.3 is 10.0 Å². The molecule has 1 N–H and O–H groups in total. The number of hydrogen-bond donors (Lipinski definition) is 1. The molecule has 1 aliphatic rings. The monoisotopic (exact) mass is 315 g/mol. The number of nitrogens with zero attached hydrogens (tertiary/aromatic N) is 5. The normalized spacial score (nSPS) is 18.2. The molecule has 2 aromatic rings. The van der Waals surface area contributed by atoms with Crippen molar-refractivity contribution in [3.63, 3.8) is 0 Å². The highest BCUT2D eigenvalue weighted by atomic mass is 16.3. The molecule has 3 heterocycles. The molecular weight excluding hydrogens is 294 g/mol. The van der Waals surface area contributed by atoms with E-state index in [1.165, 1.54) is 0 Å². The molecule has 1 atom stereocenters.